The van der Waals surface area contributed by atoms with Crippen molar-refractivity contribution in [3.63, 3.8) is 0 Å². The smallest absolute Gasteiger partial charge is 0.123 e. The summed E-state index contributed by atoms with van der Waals surface area (Å²) in [6.07, 6.45) is 2.38. The summed E-state index contributed by atoms with van der Waals surface area (Å²) in [5, 5.41) is 0. The molecule has 2 rings (SSSR count). The van der Waals surface area contributed by atoms with Crippen molar-refractivity contribution >= 4 is 0 Å². The highest BCUT2D eigenvalue weighted by molar-refractivity contribution is 5.33. The zero-order chi connectivity index (χ0) is 8.55. The lowest BCUT2D eigenvalue weighted by Crippen LogP contribution is -2.00. The molecule has 1 fully saturated rings. The van der Waals surface area contributed by atoms with Gasteiger partial charge in [0.1, 0.15) is 5.82 Å². The molecule has 1 aliphatic carbocycles. The molecule has 1 nitrogen and oxygen atoms in total. The lowest BCUT2D eigenvalue weighted by atomic mass is 10.0. The van der Waals surface area contributed by atoms with E-state index in [9.17, 15) is 4.39 Å². The van der Waals surface area contributed by atoms with Gasteiger partial charge in [0.05, 0.1) is 0 Å². The maximum atomic E-state index is 12.8. The first-order valence-corrected chi connectivity index (χ1v) is 4.29. The first-order valence-electron chi connectivity index (χ1n) is 4.29. The molecular formula is C10H12FN. The summed E-state index contributed by atoms with van der Waals surface area (Å²) in [7, 11) is 0. The minimum Gasteiger partial charge on any atom is -0.326 e. The van der Waals surface area contributed by atoms with Gasteiger partial charge < -0.3 is 5.73 Å². The molecule has 0 amide bonds. The van der Waals surface area contributed by atoms with Crippen LogP contribution in [-0.2, 0) is 6.54 Å². The molecule has 0 saturated heterocycles. The van der Waals surface area contributed by atoms with E-state index in [2.05, 4.69) is 0 Å². The Morgan fingerprint density at radius 2 is 2.17 bits per heavy atom. The van der Waals surface area contributed by atoms with Crippen molar-refractivity contribution in [1.82, 2.24) is 0 Å². The summed E-state index contributed by atoms with van der Waals surface area (Å²) in [6, 6.07) is 4.90. The zero-order valence-corrected chi connectivity index (χ0v) is 6.89. The fraction of sp³-hybridized carbons (Fsp3) is 0.400. The van der Waals surface area contributed by atoms with Crippen molar-refractivity contribution in [2.24, 2.45) is 5.73 Å². The summed E-state index contributed by atoms with van der Waals surface area (Å²) < 4.78 is 12.8. The van der Waals surface area contributed by atoms with Gasteiger partial charge in [-0.05, 0) is 42.0 Å². The molecule has 1 saturated carbocycles. The van der Waals surface area contributed by atoms with Crippen LogP contribution in [0.4, 0.5) is 4.39 Å². The van der Waals surface area contributed by atoms with Crippen LogP contribution in [0, 0.1) is 5.82 Å². The number of benzene rings is 1. The predicted octanol–water partition coefficient (Wildman–Crippen LogP) is 2.16. The molecule has 2 N–H and O–H groups in total. The van der Waals surface area contributed by atoms with Gasteiger partial charge in [0.2, 0.25) is 0 Å². The molecule has 64 valence electrons. The number of hydrogen-bond acceptors (Lipinski definition) is 1. The molecule has 0 heterocycles. The molecule has 0 aliphatic heterocycles. The van der Waals surface area contributed by atoms with E-state index in [0.29, 0.717) is 12.5 Å². The number of rotatable bonds is 2. The van der Waals surface area contributed by atoms with Gasteiger partial charge in [-0.3, -0.25) is 0 Å². The highest BCUT2D eigenvalue weighted by Gasteiger charge is 2.25. The lowest BCUT2D eigenvalue weighted by Gasteiger charge is -2.05. The van der Waals surface area contributed by atoms with Crippen molar-refractivity contribution in [1.29, 1.82) is 0 Å². The predicted molar refractivity (Wildman–Crippen MR) is 46.3 cm³/mol. The van der Waals surface area contributed by atoms with Crippen LogP contribution in [-0.4, -0.2) is 0 Å². The highest BCUT2D eigenvalue weighted by atomic mass is 19.1. The zero-order valence-electron chi connectivity index (χ0n) is 6.89. The van der Waals surface area contributed by atoms with E-state index >= 15 is 0 Å². The molecule has 0 aromatic heterocycles. The van der Waals surface area contributed by atoms with E-state index < -0.39 is 0 Å². The standard InChI is InChI=1S/C10H12FN/c11-9-4-3-8(6-12)10(5-9)7-1-2-7/h3-5,7H,1-2,6,12H2. The van der Waals surface area contributed by atoms with E-state index in [1.807, 2.05) is 0 Å². The van der Waals surface area contributed by atoms with Crippen LogP contribution in [0.25, 0.3) is 0 Å². The fourth-order valence-corrected chi connectivity index (χ4v) is 1.53. The minimum absolute atomic E-state index is 0.144. The number of hydrogen-bond donors (Lipinski definition) is 1. The Hall–Kier alpha value is -0.890. The topological polar surface area (TPSA) is 26.0 Å². The van der Waals surface area contributed by atoms with Crippen molar-refractivity contribution in [2.45, 2.75) is 25.3 Å². The molecule has 2 heteroatoms. The number of halogens is 1. The number of nitrogens with two attached hydrogens (primary N) is 1. The van der Waals surface area contributed by atoms with E-state index in [-0.39, 0.29) is 5.82 Å². The molecule has 0 spiro atoms. The second-order valence-corrected chi connectivity index (χ2v) is 3.32. The Morgan fingerprint density at radius 1 is 1.42 bits per heavy atom. The molecule has 1 aliphatic rings. The van der Waals surface area contributed by atoms with Crippen LogP contribution < -0.4 is 5.73 Å². The Kier molecular flexibility index (Phi) is 1.85. The summed E-state index contributed by atoms with van der Waals surface area (Å²) in [4.78, 5) is 0. The SMILES string of the molecule is NCc1ccc(F)cc1C1CC1. The average molecular weight is 165 g/mol. The minimum atomic E-state index is -0.144. The maximum Gasteiger partial charge on any atom is 0.123 e. The third-order valence-electron chi connectivity index (χ3n) is 2.35. The van der Waals surface area contributed by atoms with Crippen molar-refractivity contribution in [3.05, 3.63) is 35.1 Å². The summed E-state index contributed by atoms with van der Waals surface area (Å²) >= 11 is 0. The van der Waals surface area contributed by atoms with Crippen LogP contribution in [0.2, 0.25) is 0 Å². The molecule has 1 aromatic rings. The van der Waals surface area contributed by atoms with Gasteiger partial charge in [0.25, 0.3) is 0 Å². The second-order valence-electron chi connectivity index (χ2n) is 3.32. The summed E-state index contributed by atoms with van der Waals surface area (Å²) in [6.45, 7) is 0.520. The van der Waals surface area contributed by atoms with E-state index in [0.717, 1.165) is 11.1 Å². The first-order chi connectivity index (χ1) is 5.81. The third kappa shape index (κ3) is 1.34. The molecule has 0 radical (unpaired) electrons. The molecule has 0 bridgehead atoms. The van der Waals surface area contributed by atoms with Crippen molar-refractivity contribution < 1.29 is 4.39 Å². The quantitative estimate of drug-likeness (QED) is 0.714. The third-order valence-corrected chi connectivity index (χ3v) is 2.35. The molecular weight excluding hydrogens is 153 g/mol. The average Bonchev–Trinajstić information content (AvgIpc) is 2.87. The van der Waals surface area contributed by atoms with Gasteiger partial charge in [-0.25, -0.2) is 4.39 Å². The van der Waals surface area contributed by atoms with Crippen LogP contribution >= 0.6 is 0 Å². The van der Waals surface area contributed by atoms with E-state index in [4.69, 9.17) is 5.73 Å². The fourth-order valence-electron chi connectivity index (χ4n) is 1.53. The van der Waals surface area contributed by atoms with Crippen molar-refractivity contribution in [3.8, 4) is 0 Å². The van der Waals surface area contributed by atoms with Crippen LogP contribution in [0.15, 0.2) is 18.2 Å². The molecule has 12 heavy (non-hydrogen) atoms. The molecule has 0 atom stereocenters. The Morgan fingerprint density at radius 3 is 2.75 bits per heavy atom. The van der Waals surface area contributed by atoms with Gasteiger partial charge in [0, 0.05) is 6.54 Å². The highest BCUT2D eigenvalue weighted by Crippen LogP contribution is 2.41. The Labute approximate surface area is 71.4 Å². The maximum absolute atomic E-state index is 12.8. The van der Waals surface area contributed by atoms with Crippen molar-refractivity contribution in [2.75, 3.05) is 0 Å². The van der Waals surface area contributed by atoms with Gasteiger partial charge in [-0.2, -0.15) is 0 Å². The van der Waals surface area contributed by atoms with Gasteiger partial charge in [0.15, 0.2) is 0 Å². The second kappa shape index (κ2) is 2.87. The van der Waals surface area contributed by atoms with E-state index in [1.165, 1.54) is 18.9 Å². The monoisotopic (exact) mass is 165 g/mol. The normalized spacial score (nSPS) is 16.5. The van der Waals surface area contributed by atoms with Crippen LogP contribution in [0.3, 0.4) is 0 Å². The Bertz CT molecular complexity index is 292. The molecule has 0 unspecified atom stereocenters. The van der Waals surface area contributed by atoms with Crippen LogP contribution in [0.5, 0.6) is 0 Å². The van der Waals surface area contributed by atoms with Gasteiger partial charge in [-0.15, -0.1) is 0 Å². The summed E-state index contributed by atoms with van der Waals surface area (Å²) in [5.74, 6) is 0.438. The molecule has 1 aromatic carbocycles. The largest absolute Gasteiger partial charge is 0.326 e. The Balaban J connectivity index is 2.39. The lowest BCUT2D eigenvalue weighted by molar-refractivity contribution is 0.624. The van der Waals surface area contributed by atoms with Gasteiger partial charge >= 0.3 is 0 Å². The first kappa shape index (κ1) is 7.74. The van der Waals surface area contributed by atoms with Crippen LogP contribution in [0.1, 0.15) is 29.9 Å². The van der Waals surface area contributed by atoms with Gasteiger partial charge in [-0.1, -0.05) is 6.07 Å². The van der Waals surface area contributed by atoms with E-state index in [1.54, 1.807) is 12.1 Å². The summed E-state index contributed by atoms with van der Waals surface area (Å²) in [5.41, 5.74) is 7.76.